The molecule has 1 heterocycles. The van der Waals surface area contributed by atoms with Gasteiger partial charge in [0, 0.05) is 11.8 Å². The molecule has 1 aromatic rings. The summed E-state index contributed by atoms with van der Waals surface area (Å²) in [4.78, 5) is 24.6. The topological polar surface area (TPSA) is 61.2 Å². The summed E-state index contributed by atoms with van der Waals surface area (Å²) >= 11 is 0. The number of imide groups is 1. The highest BCUT2D eigenvalue weighted by Crippen LogP contribution is 2.22. The Morgan fingerprint density at radius 1 is 1.25 bits per heavy atom. The minimum Gasteiger partial charge on any atom is -0.268 e. The average molecular weight is 212 g/mol. The second kappa shape index (κ2) is 3.63. The average Bonchev–Trinajstić information content (AvgIpc) is 2.55. The van der Waals surface area contributed by atoms with E-state index in [1.807, 2.05) is 6.07 Å². The normalized spacial score (nSPS) is 15.0. The van der Waals surface area contributed by atoms with Gasteiger partial charge in [-0.2, -0.15) is 5.26 Å². The van der Waals surface area contributed by atoms with Gasteiger partial charge in [0.25, 0.3) is 11.8 Å². The first kappa shape index (κ1) is 10.1. The number of nitriles is 1. The molecule has 4 heteroatoms. The van der Waals surface area contributed by atoms with Crippen LogP contribution in [0.25, 0.3) is 0 Å². The van der Waals surface area contributed by atoms with Crippen LogP contribution in [0.3, 0.4) is 0 Å². The van der Waals surface area contributed by atoms with E-state index in [0.717, 1.165) is 4.90 Å². The third kappa shape index (κ3) is 1.39. The summed E-state index contributed by atoms with van der Waals surface area (Å²) in [6, 6.07) is 8.48. The van der Waals surface area contributed by atoms with Gasteiger partial charge < -0.3 is 0 Å². The van der Waals surface area contributed by atoms with Gasteiger partial charge in [0.15, 0.2) is 0 Å². The number of amides is 2. The van der Waals surface area contributed by atoms with E-state index in [9.17, 15) is 9.59 Å². The standard InChI is InChI=1S/C12H8N2O2/c1-8(6-13)7-14-11(15)9-4-2-3-5-10(9)12(14)16/h2-5,7H,1H3/b8-7+. The van der Waals surface area contributed by atoms with Gasteiger partial charge in [-0.05, 0) is 19.1 Å². The molecule has 0 spiro atoms. The highest BCUT2D eigenvalue weighted by molar-refractivity contribution is 6.22. The molecule has 0 fully saturated rings. The molecule has 0 radical (unpaired) electrons. The number of allylic oxidation sites excluding steroid dienone is 1. The zero-order valence-electron chi connectivity index (χ0n) is 8.60. The molecule has 78 valence electrons. The minimum atomic E-state index is -0.379. The van der Waals surface area contributed by atoms with Crippen LogP contribution in [0.4, 0.5) is 0 Å². The Balaban J connectivity index is 2.48. The highest BCUT2D eigenvalue weighted by atomic mass is 16.2. The van der Waals surface area contributed by atoms with Crippen molar-refractivity contribution in [1.82, 2.24) is 4.90 Å². The van der Waals surface area contributed by atoms with Crippen LogP contribution in [0, 0.1) is 11.3 Å². The summed E-state index contributed by atoms with van der Waals surface area (Å²) in [7, 11) is 0. The van der Waals surface area contributed by atoms with Gasteiger partial charge in [-0.25, -0.2) is 4.90 Å². The molecule has 0 bridgehead atoms. The van der Waals surface area contributed by atoms with Crippen molar-refractivity contribution < 1.29 is 9.59 Å². The molecule has 0 aliphatic carbocycles. The van der Waals surface area contributed by atoms with Crippen LogP contribution in [0.1, 0.15) is 27.6 Å². The number of rotatable bonds is 1. The first-order chi connectivity index (χ1) is 7.65. The summed E-state index contributed by atoms with van der Waals surface area (Å²) in [5.41, 5.74) is 1.08. The zero-order valence-corrected chi connectivity index (χ0v) is 8.60. The van der Waals surface area contributed by atoms with Gasteiger partial charge in [-0.15, -0.1) is 0 Å². The Morgan fingerprint density at radius 3 is 2.19 bits per heavy atom. The van der Waals surface area contributed by atoms with E-state index in [0.29, 0.717) is 16.7 Å². The number of carbonyl (C=O) groups is 2. The molecule has 0 N–H and O–H groups in total. The maximum atomic E-state index is 11.8. The Hall–Kier alpha value is -2.41. The summed E-state index contributed by atoms with van der Waals surface area (Å²) in [6.07, 6.45) is 1.27. The fourth-order valence-corrected chi connectivity index (χ4v) is 1.55. The SMILES string of the molecule is C/C(C#N)=C\N1C(=O)c2ccccc2C1=O. The monoisotopic (exact) mass is 212 g/mol. The molecule has 2 amide bonds. The van der Waals surface area contributed by atoms with E-state index < -0.39 is 0 Å². The van der Waals surface area contributed by atoms with Crippen molar-refractivity contribution in [2.45, 2.75) is 6.92 Å². The minimum absolute atomic E-state index is 0.314. The lowest BCUT2D eigenvalue weighted by Crippen LogP contribution is -2.23. The van der Waals surface area contributed by atoms with Gasteiger partial charge in [-0.1, -0.05) is 12.1 Å². The number of hydrogen-bond acceptors (Lipinski definition) is 3. The smallest absolute Gasteiger partial charge is 0.265 e. The lowest BCUT2D eigenvalue weighted by atomic mass is 10.1. The van der Waals surface area contributed by atoms with E-state index in [1.165, 1.54) is 6.20 Å². The van der Waals surface area contributed by atoms with Gasteiger partial charge in [0.05, 0.1) is 17.2 Å². The first-order valence-corrected chi connectivity index (χ1v) is 4.70. The quantitative estimate of drug-likeness (QED) is 0.526. The molecule has 0 atom stereocenters. The van der Waals surface area contributed by atoms with Crippen molar-refractivity contribution in [3.8, 4) is 6.07 Å². The van der Waals surface area contributed by atoms with E-state index in [-0.39, 0.29) is 11.8 Å². The van der Waals surface area contributed by atoms with Gasteiger partial charge in [0.2, 0.25) is 0 Å². The van der Waals surface area contributed by atoms with Crippen LogP contribution < -0.4 is 0 Å². The zero-order chi connectivity index (χ0) is 11.7. The van der Waals surface area contributed by atoms with E-state index in [4.69, 9.17) is 5.26 Å². The van der Waals surface area contributed by atoms with Crippen molar-refractivity contribution in [2.75, 3.05) is 0 Å². The molecule has 1 aliphatic rings. The maximum Gasteiger partial charge on any atom is 0.265 e. The Morgan fingerprint density at radius 2 is 1.75 bits per heavy atom. The summed E-state index contributed by atoms with van der Waals surface area (Å²) in [6.45, 7) is 1.55. The Labute approximate surface area is 92.4 Å². The van der Waals surface area contributed by atoms with E-state index in [1.54, 1.807) is 31.2 Å². The third-order valence-electron chi connectivity index (χ3n) is 2.32. The molecule has 2 rings (SSSR count). The number of nitrogens with zero attached hydrogens (tertiary/aromatic N) is 2. The number of fused-ring (bicyclic) bond motifs is 1. The lowest BCUT2D eigenvalue weighted by molar-refractivity contribution is 0.0720. The summed E-state index contributed by atoms with van der Waals surface area (Å²) in [5.74, 6) is -0.759. The van der Waals surface area contributed by atoms with Crippen molar-refractivity contribution in [1.29, 1.82) is 5.26 Å². The van der Waals surface area contributed by atoms with Crippen LogP contribution in [0.2, 0.25) is 0 Å². The van der Waals surface area contributed by atoms with Gasteiger partial charge in [0.1, 0.15) is 0 Å². The highest BCUT2D eigenvalue weighted by Gasteiger charge is 2.33. The molecule has 0 saturated heterocycles. The van der Waals surface area contributed by atoms with Crippen molar-refractivity contribution in [3.05, 3.63) is 47.2 Å². The molecule has 0 unspecified atom stereocenters. The summed E-state index contributed by atoms with van der Waals surface area (Å²) < 4.78 is 0. The van der Waals surface area contributed by atoms with E-state index in [2.05, 4.69) is 0 Å². The molecule has 1 aromatic carbocycles. The van der Waals surface area contributed by atoms with E-state index >= 15 is 0 Å². The maximum absolute atomic E-state index is 11.8. The molecule has 1 aliphatic heterocycles. The van der Waals surface area contributed by atoms with Crippen LogP contribution >= 0.6 is 0 Å². The lowest BCUT2D eigenvalue weighted by Gasteiger charge is -2.06. The third-order valence-corrected chi connectivity index (χ3v) is 2.32. The molecule has 16 heavy (non-hydrogen) atoms. The molecular formula is C12H8N2O2. The molecule has 0 aromatic heterocycles. The second-order valence-corrected chi connectivity index (χ2v) is 3.45. The Kier molecular flexibility index (Phi) is 2.29. The molecule has 0 saturated carbocycles. The van der Waals surface area contributed by atoms with Crippen molar-refractivity contribution in [2.24, 2.45) is 0 Å². The molecule has 4 nitrogen and oxygen atoms in total. The predicted molar refractivity (Wildman–Crippen MR) is 56.3 cm³/mol. The number of hydrogen-bond donors (Lipinski definition) is 0. The Bertz CT molecular complexity index is 517. The van der Waals surface area contributed by atoms with Crippen LogP contribution in [-0.2, 0) is 0 Å². The first-order valence-electron chi connectivity index (χ1n) is 4.70. The predicted octanol–water partition coefficient (Wildman–Crippen LogP) is 1.71. The fourth-order valence-electron chi connectivity index (χ4n) is 1.55. The van der Waals surface area contributed by atoms with Crippen LogP contribution in [-0.4, -0.2) is 16.7 Å². The van der Waals surface area contributed by atoms with Crippen molar-refractivity contribution >= 4 is 11.8 Å². The van der Waals surface area contributed by atoms with Gasteiger partial charge in [-0.3, -0.25) is 9.59 Å². The van der Waals surface area contributed by atoms with Crippen LogP contribution in [0.5, 0.6) is 0 Å². The van der Waals surface area contributed by atoms with Crippen molar-refractivity contribution in [3.63, 3.8) is 0 Å². The molecular weight excluding hydrogens is 204 g/mol. The van der Waals surface area contributed by atoms with Crippen LogP contribution in [0.15, 0.2) is 36.0 Å². The van der Waals surface area contributed by atoms with Gasteiger partial charge >= 0.3 is 0 Å². The fraction of sp³-hybridized carbons (Fsp3) is 0.0833. The largest absolute Gasteiger partial charge is 0.268 e. The summed E-state index contributed by atoms with van der Waals surface area (Å²) in [5, 5.41) is 8.62. The number of carbonyl (C=O) groups excluding carboxylic acids is 2. The number of benzene rings is 1. The second-order valence-electron chi connectivity index (χ2n) is 3.45.